The monoisotopic (exact) mass is 288 g/mol. The molecule has 0 bridgehead atoms. The number of fused-ring (bicyclic) bond motifs is 2. The highest BCUT2D eigenvalue weighted by atomic mass is 15.1. The molecule has 0 saturated carbocycles. The second-order valence-corrected chi connectivity index (χ2v) is 5.28. The van der Waals surface area contributed by atoms with Gasteiger partial charge in [0, 0.05) is 11.9 Å². The lowest BCUT2D eigenvalue weighted by molar-refractivity contribution is 0.794. The molecule has 0 radical (unpaired) electrons. The maximum absolute atomic E-state index is 6.06. The van der Waals surface area contributed by atoms with Gasteiger partial charge in [0.15, 0.2) is 5.82 Å². The van der Waals surface area contributed by atoms with Crippen LogP contribution in [0.1, 0.15) is 6.92 Å². The van der Waals surface area contributed by atoms with Crippen molar-refractivity contribution in [2.24, 2.45) is 0 Å². The van der Waals surface area contributed by atoms with E-state index in [0.29, 0.717) is 5.69 Å². The van der Waals surface area contributed by atoms with E-state index in [0.717, 1.165) is 40.0 Å². The fourth-order valence-corrected chi connectivity index (χ4v) is 2.89. The van der Waals surface area contributed by atoms with Crippen molar-refractivity contribution in [1.82, 2.24) is 14.5 Å². The minimum absolute atomic E-state index is 0.693. The summed E-state index contributed by atoms with van der Waals surface area (Å²) in [6, 6.07) is 18.1. The van der Waals surface area contributed by atoms with Gasteiger partial charge in [0.05, 0.1) is 22.2 Å². The molecule has 0 amide bonds. The number of nitrogens with two attached hydrogens (primary N) is 1. The van der Waals surface area contributed by atoms with E-state index in [-0.39, 0.29) is 0 Å². The highest BCUT2D eigenvalue weighted by molar-refractivity contribution is 5.91. The van der Waals surface area contributed by atoms with Crippen LogP contribution in [-0.2, 0) is 6.54 Å². The first-order chi connectivity index (χ1) is 10.8. The van der Waals surface area contributed by atoms with Gasteiger partial charge in [0.1, 0.15) is 5.69 Å². The summed E-state index contributed by atoms with van der Waals surface area (Å²) in [5.74, 6) is 0.883. The molecule has 0 fully saturated rings. The molecule has 0 unspecified atom stereocenters. The molecule has 4 heteroatoms. The summed E-state index contributed by atoms with van der Waals surface area (Å²) in [4.78, 5) is 9.49. The molecule has 0 saturated heterocycles. The third kappa shape index (κ3) is 1.84. The Labute approximate surface area is 128 Å². The summed E-state index contributed by atoms with van der Waals surface area (Å²) in [6.45, 7) is 2.97. The molecule has 4 rings (SSSR count). The largest absolute Gasteiger partial charge is 0.397 e. The van der Waals surface area contributed by atoms with Gasteiger partial charge in [-0.1, -0.05) is 30.3 Å². The number of benzene rings is 2. The van der Waals surface area contributed by atoms with E-state index in [4.69, 9.17) is 15.7 Å². The number of anilines is 1. The van der Waals surface area contributed by atoms with Gasteiger partial charge in [-0.2, -0.15) is 0 Å². The van der Waals surface area contributed by atoms with Crippen LogP contribution >= 0.6 is 0 Å². The average molecular weight is 288 g/mol. The second-order valence-electron chi connectivity index (χ2n) is 5.28. The van der Waals surface area contributed by atoms with Crippen LogP contribution < -0.4 is 5.73 Å². The van der Waals surface area contributed by atoms with E-state index in [9.17, 15) is 0 Å². The summed E-state index contributed by atoms with van der Waals surface area (Å²) >= 11 is 0. The summed E-state index contributed by atoms with van der Waals surface area (Å²) in [5.41, 5.74) is 10.5. The van der Waals surface area contributed by atoms with Crippen LogP contribution in [0.2, 0.25) is 0 Å². The Bertz CT molecular complexity index is 985. The quantitative estimate of drug-likeness (QED) is 0.570. The van der Waals surface area contributed by atoms with Crippen LogP contribution in [0.3, 0.4) is 0 Å². The number of nitrogen functional groups attached to an aromatic ring is 1. The molecule has 0 aliphatic rings. The summed E-state index contributed by atoms with van der Waals surface area (Å²) in [6.07, 6.45) is 0. The van der Waals surface area contributed by atoms with Crippen molar-refractivity contribution in [1.29, 1.82) is 0 Å². The van der Waals surface area contributed by atoms with E-state index in [1.165, 1.54) is 0 Å². The average Bonchev–Trinajstić information content (AvgIpc) is 2.93. The van der Waals surface area contributed by atoms with E-state index >= 15 is 0 Å². The number of hydrogen-bond donors (Lipinski definition) is 1. The number of para-hydroxylation sites is 3. The topological polar surface area (TPSA) is 56.7 Å². The van der Waals surface area contributed by atoms with Gasteiger partial charge < -0.3 is 10.3 Å². The lowest BCUT2D eigenvalue weighted by atomic mass is 10.1. The fourth-order valence-electron chi connectivity index (χ4n) is 2.89. The Morgan fingerprint density at radius 2 is 1.82 bits per heavy atom. The first-order valence-electron chi connectivity index (χ1n) is 7.39. The number of aryl methyl sites for hydroxylation is 1. The molecule has 2 aromatic heterocycles. The highest BCUT2D eigenvalue weighted by Gasteiger charge is 2.13. The van der Waals surface area contributed by atoms with E-state index in [2.05, 4.69) is 17.6 Å². The Balaban J connectivity index is 2.00. The number of rotatable bonds is 2. The Hall–Kier alpha value is -2.88. The maximum atomic E-state index is 6.06. The second kappa shape index (κ2) is 4.84. The van der Waals surface area contributed by atoms with Crippen LogP contribution in [-0.4, -0.2) is 14.5 Å². The summed E-state index contributed by atoms with van der Waals surface area (Å²) < 4.78 is 2.18. The first-order valence-corrected chi connectivity index (χ1v) is 7.39. The maximum Gasteiger partial charge on any atom is 0.159 e. The standard InChI is InChI=1S/C18H16N4/c1-2-22-16-9-4-3-8-14(16)21-18(22)15-11-10-12-6-5-7-13(19)17(12)20-15/h3-11H,2,19H2,1H3. The molecule has 2 aromatic carbocycles. The number of aromatic nitrogens is 3. The van der Waals surface area contributed by atoms with Gasteiger partial charge in [-0.25, -0.2) is 9.97 Å². The zero-order valence-electron chi connectivity index (χ0n) is 12.3. The van der Waals surface area contributed by atoms with Gasteiger partial charge in [0.25, 0.3) is 0 Å². The first kappa shape index (κ1) is 12.8. The van der Waals surface area contributed by atoms with Crippen molar-refractivity contribution in [2.45, 2.75) is 13.5 Å². The molecule has 4 nitrogen and oxygen atoms in total. The molecule has 22 heavy (non-hydrogen) atoms. The smallest absolute Gasteiger partial charge is 0.159 e. The molecule has 2 N–H and O–H groups in total. The van der Waals surface area contributed by atoms with E-state index < -0.39 is 0 Å². The lowest BCUT2D eigenvalue weighted by Crippen LogP contribution is -1.99. The van der Waals surface area contributed by atoms with Crippen LogP contribution in [0, 0.1) is 0 Å². The van der Waals surface area contributed by atoms with E-state index in [1.54, 1.807) is 0 Å². The third-order valence-corrected chi connectivity index (χ3v) is 3.95. The minimum atomic E-state index is 0.693. The van der Waals surface area contributed by atoms with Crippen molar-refractivity contribution < 1.29 is 0 Å². The number of nitrogens with zero attached hydrogens (tertiary/aromatic N) is 3. The molecule has 0 spiro atoms. The molecular formula is C18H16N4. The van der Waals surface area contributed by atoms with Gasteiger partial charge in [-0.3, -0.25) is 0 Å². The van der Waals surface area contributed by atoms with Crippen LogP contribution in [0.5, 0.6) is 0 Å². The van der Waals surface area contributed by atoms with Gasteiger partial charge in [0.2, 0.25) is 0 Å². The van der Waals surface area contributed by atoms with Crippen LogP contribution in [0.25, 0.3) is 33.5 Å². The van der Waals surface area contributed by atoms with Crippen LogP contribution in [0.15, 0.2) is 54.6 Å². The predicted molar refractivity (Wildman–Crippen MR) is 90.6 cm³/mol. The van der Waals surface area contributed by atoms with Crippen molar-refractivity contribution in [3.05, 3.63) is 54.6 Å². The molecule has 108 valence electrons. The van der Waals surface area contributed by atoms with Gasteiger partial charge in [-0.15, -0.1) is 0 Å². The molecule has 2 heterocycles. The van der Waals surface area contributed by atoms with Gasteiger partial charge >= 0.3 is 0 Å². The number of hydrogen-bond acceptors (Lipinski definition) is 3. The zero-order chi connectivity index (χ0) is 15.1. The van der Waals surface area contributed by atoms with E-state index in [1.807, 2.05) is 48.5 Å². The highest BCUT2D eigenvalue weighted by Crippen LogP contribution is 2.26. The number of pyridine rings is 1. The fraction of sp³-hybridized carbons (Fsp3) is 0.111. The predicted octanol–water partition coefficient (Wildman–Crippen LogP) is 3.85. The molecule has 0 aliphatic heterocycles. The van der Waals surface area contributed by atoms with Crippen molar-refractivity contribution >= 4 is 27.6 Å². The van der Waals surface area contributed by atoms with Crippen molar-refractivity contribution in [3.8, 4) is 11.5 Å². The normalized spacial score (nSPS) is 11.3. The Morgan fingerprint density at radius 1 is 0.955 bits per heavy atom. The van der Waals surface area contributed by atoms with Crippen molar-refractivity contribution in [2.75, 3.05) is 5.73 Å². The SMILES string of the molecule is CCn1c(-c2ccc3cccc(N)c3n2)nc2ccccc21. The Kier molecular flexibility index (Phi) is 2.82. The third-order valence-electron chi connectivity index (χ3n) is 3.95. The molecular weight excluding hydrogens is 272 g/mol. The zero-order valence-corrected chi connectivity index (χ0v) is 12.3. The minimum Gasteiger partial charge on any atom is -0.397 e. The summed E-state index contributed by atoms with van der Waals surface area (Å²) in [5, 5.41) is 1.04. The Morgan fingerprint density at radius 3 is 2.68 bits per heavy atom. The van der Waals surface area contributed by atoms with Crippen LogP contribution in [0.4, 0.5) is 5.69 Å². The number of imidazole rings is 1. The molecule has 0 aliphatic carbocycles. The molecule has 0 atom stereocenters. The summed E-state index contributed by atoms with van der Waals surface area (Å²) in [7, 11) is 0. The van der Waals surface area contributed by atoms with Crippen molar-refractivity contribution in [3.63, 3.8) is 0 Å². The van der Waals surface area contributed by atoms with Gasteiger partial charge in [-0.05, 0) is 31.2 Å². The lowest BCUT2D eigenvalue weighted by Gasteiger charge is -2.07. The molecule has 4 aromatic rings.